The Morgan fingerprint density at radius 1 is 0.931 bits per heavy atom. The van der Waals surface area contributed by atoms with Gasteiger partial charge in [0.1, 0.15) is 5.82 Å². The minimum atomic E-state index is 0.608. The molecule has 4 rings (SSSR count). The SMILES string of the molecule is Cc1cc(C)c(Nc2nc(C)nc(N(Cc3ccccc3)CC3CC3)n2)c(C)c1. The van der Waals surface area contributed by atoms with Gasteiger partial charge in [-0.3, -0.25) is 0 Å². The van der Waals surface area contributed by atoms with Gasteiger partial charge in [-0.05, 0) is 63.1 Å². The zero-order valence-electron chi connectivity index (χ0n) is 17.7. The van der Waals surface area contributed by atoms with Crippen LogP contribution in [0.25, 0.3) is 0 Å². The van der Waals surface area contributed by atoms with Gasteiger partial charge in [0, 0.05) is 18.8 Å². The highest BCUT2D eigenvalue weighted by Gasteiger charge is 2.26. The highest BCUT2D eigenvalue weighted by Crippen LogP contribution is 2.32. The van der Waals surface area contributed by atoms with Gasteiger partial charge < -0.3 is 10.2 Å². The zero-order valence-corrected chi connectivity index (χ0v) is 17.7. The molecule has 1 aliphatic carbocycles. The van der Waals surface area contributed by atoms with Gasteiger partial charge in [0.15, 0.2) is 0 Å². The lowest BCUT2D eigenvalue weighted by Gasteiger charge is -2.23. The first kappa shape index (κ1) is 19.4. The molecule has 1 aromatic heterocycles. The summed E-state index contributed by atoms with van der Waals surface area (Å²) in [6, 6.07) is 14.9. The third-order valence-corrected chi connectivity index (χ3v) is 5.32. The van der Waals surface area contributed by atoms with Gasteiger partial charge in [-0.15, -0.1) is 0 Å². The molecular weight excluding hydrogens is 358 g/mol. The highest BCUT2D eigenvalue weighted by atomic mass is 15.3. The molecule has 150 valence electrons. The van der Waals surface area contributed by atoms with Gasteiger partial charge in [0.25, 0.3) is 0 Å². The van der Waals surface area contributed by atoms with E-state index in [4.69, 9.17) is 4.98 Å². The number of rotatable bonds is 7. The number of aryl methyl sites for hydroxylation is 4. The summed E-state index contributed by atoms with van der Waals surface area (Å²) in [6.07, 6.45) is 2.59. The van der Waals surface area contributed by atoms with E-state index < -0.39 is 0 Å². The molecule has 0 spiro atoms. The molecule has 0 atom stereocenters. The summed E-state index contributed by atoms with van der Waals surface area (Å²) in [6.45, 7) is 10.1. The van der Waals surface area contributed by atoms with Crippen molar-refractivity contribution in [2.24, 2.45) is 5.92 Å². The molecular formula is C24H29N5. The molecule has 3 aromatic rings. The Hall–Kier alpha value is -2.95. The first-order valence-corrected chi connectivity index (χ1v) is 10.3. The topological polar surface area (TPSA) is 53.9 Å². The normalized spacial score (nSPS) is 13.4. The number of nitrogens with zero attached hydrogens (tertiary/aromatic N) is 4. The Balaban J connectivity index is 1.63. The highest BCUT2D eigenvalue weighted by molar-refractivity contribution is 5.64. The standard InChI is InChI=1S/C24H29N5/c1-16-12-17(2)22(18(3)13-16)27-23-25-19(4)26-24(28-23)29(15-21-10-11-21)14-20-8-6-5-7-9-20/h5-9,12-13,21H,10-11,14-15H2,1-4H3,(H,25,26,27,28). The molecule has 1 aliphatic rings. The van der Waals surface area contributed by atoms with E-state index in [2.05, 4.69) is 83.4 Å². The van der Waals surface area contributed by atoms with Gasteiger partial charge in [-0.2, -0.15) is 15.0 Å². The summed E-state index contributed by atoms with van der Waals surface area (Å²) in [7, 11) is 0. The summed E-state index contributed by atoms with van der Waals surface area (Å²) in [5, 5.41) is 3.45. The van der Waals surface area contributed by atoms with Crippen LogP contribution in [0.5, 0.6) is 0 Å². The van der Waals surface area contributed by atoms with Crippen LogP contribution in [0.2, 0.25) is 0 Å². The van der Waals surface area contributed by atoms with E-state index in [1.165, 1.54) is 35.1 Å². The van der Waals surface area contributed by atoms with Crippen molar-refractivity contribution in [2.75, 3.05) is 16.8 Å². The maximum atomic E-state index is 4.80. The van der Waals surface area contributed by atoms with Crippen LogP contribution in [-0.4, -0.2) is 21.5 Å². The molecule has 0 unspecified atom stereocenters. The maximum absolute atomic E-state index is 4.80. The van der Waals surface area contributed by atoms with E-state index in [0.717, 1.165) is 36.5 Å². The molecule has 2 aromatic carbocycles. The van der Waals surface area contributed by atoms with Crippen LogP contribution in [0.4, 0.5) is 17.6 Å². The molecule has 0 saturated heterocycles. The van der Waals surface area contributed by atoms with E-state index in [1.807, 2.05) is 6.92 Å². The van der Waals surface area contributed by atoms with Gasteiger partial charge in [0.05, 0.1) is 0 Å². The monoisotopic (exact) mass is 387 g/mol. The third-order valence-electron chi connectivity index (χ3n) is 5.32. The number of benzene rings is 2. The van der Waals surface area contributed by atoms with Crippen molar-refractivity contribution < 1.29 is 0 Å². The maximum Gasteiger partial charge on any atom is 0.232 e. The Kier molecular flexibility index (Phi) is 5.47. The summed E-state index contributed by atoms with van der Waals surface area (Å²) in [5.41, 5.74) is 5.99. The second-order valence-corrected chi connectivity index (χ2v) is 8.21. The molecule has 1 saturated carbocycles. The minimum absolute atomic E-state index is 0.608. The summed E-state index contributed by atoms with van der Waals surface area (Å²) < 4.78 is 0. The number of anilines is 3. The van der Waals surface area contributed by atoms with Crippen molar-refractivity contribution in [1.82, 2.24) is 15.0 Å². The molecule has 5 heteroatoms. The van der Waals surface area contributed by atoms with Crippen LogP contribution < -0.4 is 10.2 Å². The molecule has 0 radical (unpaired) electrons. The smallest absolute Gasteiger partial charge is 0.232 e. The van der Waals surface area contributed by atoms with Crippen molar-refractivity contribution >= 4 is 17.6 Å². The average molecular weight is 388 g/mol. The second-order valence-electron chi connectivity index (χ2n) is 8.21. The molecule has 1 heterocycles. The number of hydrogen-bond acceptors (Lipinski definition) is 5. The lowest BCUT2D eigenvalue weighted by Crippen LogP contribution is -2.28. The Labute approximate surface area is 173 Å². The molecule has 0 aliphatic heterocycles. The Bertz CT molecular complexity index is 972. The fourth-order valence-corrected chi connectivity index (χ4v) is 3.79. The second kappa shape index (κ2) is 8.19. The van der Waals surface area contributed by atoms with E-state index in [-0.39, 0.29) is 0 Å². The van der Waals surface area contributed by atoms with Crippen molar-refractivity contribution in [3.63, 3.8) is 0 Å². The van der Waals surface area contributed by atoms with Gasteiger partial charge >= 0.3 is 0 Å². The lowest BCUT2D eigenvalue weighted by atomic mass is 10.1. The largest absolute Gasteiger partial charge is 0.336 e. The van der Waals surface area contributed by atoms with Crippen LogP contribution in [0.3, 0.4) is 0 Å². The minimum Gasteiger partial charge on any atom is -0.336 e. The molecule has 0 amide bonds. The van der Waals surface area contributed by atoms with E-state index >= 15 is 0 Å². The summed E-state index contributed by atoms with van der Waals surface area (Å²) in [5.74, 6) is 2.83. The van der Waals surface area contributed by atoms with Gasteiger partial charge in [0.2, 0.25) is 11.9 Å². The first-order valence-electron chi connectivity index (χ1n) is 10.3. The molecule has 0 bridgehead atoms. The molecule has 1 fully saturated rings. The Morgan fingerprint density at radius 2 is 1.62 bits per heavy atom. The molecule has 5 nitrogen and oxygen atoms in total. The van der Waals surface area contributed by atoms with Crippen LogP contribution >= 0.6 is 0 Å². The van der Waals surface area contributed by atoms with Crippen LogP contribution in [0, 0.1) is 33.6 Å². The van der Waals surface area contributed by atoms with Crippen molar-refractivity contribution in [3.8, 4) is 0 Å². The number of hydrogen-bond donors (Lipinski definition) is 1. The van der Waals surface area contributed by atoms with Gasteiger partial charge in [-0.1, -0.05) is 48.0 Å². The van der Waals surface area contributed by atoms with Crippen LogP contribution in [-0.2, 0) is 6.54 Å². The summed E-state index contributed by atoms with van der Waals surface area (Å²) in [4.78, 5) is 16.3. The van der Waals surface area contributed by atoms with Crippen molar-refractivity contribution in [2.45, 2.75) is 47.1 Å². The zero-order chi connectivity index (χ0) is 20.4. The third kappa shape index (κ3) is 4.91. The lowest BCUT2D eigenvalue weighted by molar-refractivity contribution is 0.695. The predicted molar refractivity (Wildman–Crippen MR) is 119 cm³/mol. The van der Waals surface area contributed by atoms with E-state index in [1.54, 1.807) is 0 Å². The predicted octanol–water partition coefficient (Wildman–Crippen LogP) is 5.27. The van der Waals surface area contributed by atoms with E-state index in [9.17, 15) is 0 Å². The summed E-state index contributed by atoms with van der Waals surface area (Å²) >= 11 is 0. The Morgan fingerprint density at radius 3 is 2.28 bits per heavy atom. The quantitative estimate of drug-likeness (QED) is 0.599. The fourth-order valence-electron chi connectivity index (χ4n) is 3.79. The number of aromatic nitrogens is 3. The van der Waals surface area contributed by atoms with Crippen molar-refractivity contribution in [3.05, 3.63) is 70.5 Å². The van der Waals surface area contributed by atoms with Gasteiger partial charge in [-0.25, -0.2) is 0 Å². The average Bonchev–Trinajstić information content (AvgIpc) is 3.49. The van der Waals surface area contributed by atoms with Crippen LogP contribution in [0.15, 0.2) is 42.5 Å². The van der Waals surface area contributed by atoms with Crippen LogP contribution in [0.1, 0.15) is 40.9 Å². The number of nitrogens with one attached hydrogen (secondary N) is 1. The first-order chi connectivity index (χ1) is 14.0. The fraction of sp³-hybridized carbons (Fsp3) is 0.375. The van der Waals surface area contributed by atoms with Crippen molar-refractivity contribution in [1.29, 1.82) is 0 Å². The molecule has 1 N–H and O–H groups in total. The molecule has 29 heavy (non-hydrogen) atoms. The van der Waals surface area contributed by atoms with E-state index in [0.29, 0.717) is 5.95 Å².